The van der Waals surface area contributed by atoms with E-state index in [1.807, 2.05) is 6.92 Å². The van der Waals surface area contributed by atoms with Crippen molar-refractivity contribution in [1.82, 2.24) is 0 Å². The van der Waals surface area contributed by atoms with E-state index >= 15 is 0 Å². The normalized spacial score (nSPS) is 13.9. The Hall–Kier alpha value is -1.62. The molecule has 1 rings (SSSR count). The van der Waals surface area contributed by atoms with Gasteiger partial charge in [-0.3, -0.25) is 0 Å². The van der Waals surface area contributed by atoms with E-state index in [2.05, 4.69) is 66.9 Å². The maximum atomic E-state index is 3.24. The highest BCUT2D eigenvalue weighted by Gasteiger charge is 2.06. The van der Waals surface area contributed by atoms with E-state index in [1.54, 1.807) is 0 Å². The molecule has 0 saturated carbocycles. The summed E-state index contributed by atoms with van der Waals surface area (Å²) in [5.74, 6) is 15.1. The molecule has 1 aliphatic rings. The van der Waals surface area contributed by atoms with E-state index in [0.717, 1.165) is 18.4 Å². The Morgan fingerprint density at radius 2 is 1.53 bits per heavy atom. The van der Waals surface area contributed by atoms with E-state index in [0.29, 0.717) is 0 Å². The van der Waals surface area contributed by atoms with E-state index in [4.69, 9.17) is 0 Å². The lowest BCUT2D eigenvalue weighted by Crippen LogP contribution is -2.16. The van der Waals surface area contributed by atoms with Crippen molar-refractivity contribution in [2.45, 2.75) is 39.4 Å². The standard InChI is InChI=1S/C16H18Si/c1-5-8-15-10-12-16(13-11-15)9-6-7-14-17(2,3)4/h10,13H,11-12H2,1-4H3. The summed E-state index contributed by atoms with van der Waals surface area (Å²) >= 11 is 0. The topological polar surface area (TPSA) is 0 Å². The molecule has 86 valence electrons. The van der Waals surface area contributed by atoms with Crippen molar-refractivity contribution < 1.29 is 0 Å². The predicted molar refractivity (Wildman–Crippen MR) is 77.7 cm³/mol. The van der Waals surface area contributed by atoms with E-state index in [1.165, 1.54) is 5.57 Å². The summed E-state index contributed by atoms with van der Waals surface area (Å²) in [5, 5.41) is 0. The molecule has 1 heteroatoms. The van der Waals surface area contributed by atoms with Crippen LogP contribution in [0.15, 0.2) is 23.3 Å². The fourth-order valence-electron chi connectivity index (χ4n) is 1.33. The van der Waals surface area contributed by atoms with Crippen molar-refractivity contribution in [1.29, 1.82) is 0 Å². The summed E-state index contributed by atoms with van der Waals surface area (Å²) in [6.45, 7) is 8.53. The van der Waals surface area contributed by atoms with Gasteiger partial charge in [-0.25, -0.2) is 0 Å². The maximum absolute atomic E-state index is 3.24. The minimum Gasteiger partial charge on any atom is -0.118 e. The van der Waals surface area contributed by atoms with Crippen LogP contribution in [-0.2, 0) is 0 Å². The molecule has 0 spiro atoms. The molecular weight excluding hydrogens is 220 g/mol. The Bertz CT molecular complexity index is 520. The van der Waals surface area contributed by atoms with Crippen LogP contribution in [0.4, 0.5) is 0 Å². The molecule has 0 aromatic heterocycles. The zero-order valence-electron chi connectivity index (χ0n) is 11.1. The highest BCUT2D eigenvalue weighted by Crippen LogP contribution is 2.15. The molecule has 0 radical (unpaired) electrons. The van der Waals surface area contributed by atoms with Crippen molar-refractivity contribution in [2.24, 2.45) is 0 Å². The molecular formula is C16H18Si. The molecule has 17 heavy (non-hydrogen) atoms. The first-order valence-electron chi connectivity index (χ1n) is 5.85. The van der Waals surface area contributed by atoms with Crippen molar-refractivity contribution in [3.63, 3.8) is 0 Å². The number of allylic oxidation sites excluding steroid dienone is 4. The van der Waals surface area contributed by atoms with Gasteiger partial charge in [0.1, 0.15) is 8.07 Å². The number of rotatable bonds is 0. The molecule has 0 aliphatic heterocycles. The van der Waals surface area contributed by atoms with Gasteiger partial charge in [-0.15, -0.1) is 11.5 Å². The van der Waals surface area contributed by atoms with Gasteiger partial charge in [0.05, 0.1) is 0 Å². The molecule has 0 saturated heterocycles. The largest absolute Gasteiger partial charge is 0.130 e. The summed E-state index contributed by atoms with van der Waals surface area (Å²) in [6, 6.07) is 0. The van der Waals surface area contributed by atoms with Crippen LogP contribution in [0.3, 0.4) is 0 Å². The Labute approximate surface area is 106 Å². The SMILES string of the molecule is CC#CC1=CCC(C#CC#C[Si](C)(C)C)=CC1. The second-order valence-corrected chi connectivity index (χ2v) is 9.74. The van der Waals surface area contributed by atoms with Gasteiger partial charge in [0, 0.05) is 11.1 Å². The fourth-order valence-corrected chi connectivity index (χ4v) is 1.77. The molecule has 0 nitrogen and oxygen atoms in total. The lowest BCUT2D eigenvalue weighted by molar-refractivity contribution is 1.14. The van der Waals surface area contributed by atoms with Gasteiger partial charge in [0.25, 0.3) is 0 Å². The van der Waals surface area contributed by atoms with Crippen molar-refractivity contribution in [3.05, 3.63) is 23.3 Å². The van der Waals surface area contributed by atoms with Gasteiger partial charge in [-0.2, -0.15) is 0 Å². The van der Waals surface area contributed by atoms with Crippen LogP contribution in [0.2, 0.25) is 19.6 Å². The van der Waals surface area contributed by atoms with Crippen LogP contribution < -0.4 is 0 Å². The second kappa shape index (κ2) is 6.20. The molecule has 0 bridgehead atoms. The summed E-state index contributed by atoms with van der Waals surface area (Å²) in [5.41, 5.74) is 5.60. The lowest BCUT2D eigenvalue weighted by Gasteiger charge is -2.04. The molecule has 1 aliphatic carbocycles. The van der Waals surface area contributed by atoms with Crippen molar-refractivity contribution in [3.8, 4) is 35.1 Å². The molecule has 0 fully saturated rings. The third-order valence-electron chi connectivity index (χ3n) is 2.15. The summed E-state index contributed by atoms with van der Waals surface area (Å²) < 4.78 is 0. The average molecular weight is 238 g/mol. The predicted octanol–water partition coefficient (Wildman–Crippen LogP) is 3.54. The first-order valence-corrected chi connectivity index (χ1v) is 9.35. The maximum Gasteiger partial charge on any atom is 0.130 e. The zero-order valence-corrected chi connectivity index (χ0v) is 12.1. The Balaban J connectivity index is 2.59. The van der Waals surface area contributed by atoms with Crippen molar-refractivity contribution in [2.75, 3.05) is 0 Å². The van der Waals surface area contributed by atoms with Crippen LogP contribution in [0.25, 0.3) is 0 Å². The molecule has 0 aromatic carbocycles. The van der Waals surface area contributed by atoms with Gasteiger partial charge in [-0.05, 0) is 31.6 Å². The first kappa shape index (κ1) is 13.4. The quantitative estimate of drug-likeness (QED) is 0.447. The van der Waals surface area contributed by atoms with Crippen LogP contribution in [0.1, 0.15) is 19.8 Å². The third kappa shape index (κ3) is 5.87. The van der Waals surface area contributed by atoms with Crippen LogP contribution in [0, 0.1) is 35.1 Å². The molecule has 0 atom stereocenters. The molecule has 0 aromatic rings. The second-order valence-electron chi connectivity index (χ2n) is 4.99. The third-order valence-corrected chi connectivity index (χ3v) is 3.02. The summed E-state index contributed by atoms with van der Waals surface area (Å²) in [4.78, 5) is 0. The Morgan fingerprint density at radius 3 is 2.00 bits per heavy atom. The molecule has 0 heterocycles. The van der Waals surface area contributed by atoms with Gasteiger partial charge in [-0.1, -0.05) is 43.6 Å². The van der Waals surface area contributed by atoms with E-state index in [-0.39, 0.29) is 0 Å². The van der Waals surface area contributed by atoms with Crippen LogP contribution >= 0.6 is 0 Å². The van der Waals surface area contributed by atoms with E-state index < -0.39 is 8.07 Å². The Morgan fingerprint density at radius 1 is 0.941 bits per heavy atom. The number of hydrogen-bond acceptors (Lipinski definition) is 0. The summed E-state index contributed by atoms with van der Waals surface area (Å²) in [6.07, 6.45) is 6.12. The fraction of sp³-hybridized carbons (Fsp3) is 0.375. The molecule has 0 unspecified atom stereocenters. The highest BCUT2D eigenvalue weighted by atomic mass is 28.3. The van der Waals surface area contributed by atoms with Crippen molar-refractivity contribution >= 4 is 8.07 Å². The monoisotopic (exact) mass is 238 g/mol. The summed E-state index contributed by atoms with van der Waals surface area (Å²) in [7, 11) is -1.28. The van der Waals surface area contributed by atoms with Gasteiger partial charge in [0.15, 0.2) is 0 Å². The average Bonchev–Trinajstić information content (AvgIpc) is 2.26. The molecule has 0 amide bonds. The smallest absolute Gasteiger partial charge is 0.118 e. The van der Waals surface area contributed by atoms with E-state index in [9.17, 15) is 0 Å². The van der Waals surface area contributed by atoms with Crippen LogP contribution in [0.5, 0.6) is 0 Å². The molecule has 0 N–H and O–H groups in total. The number of hydrogen-bond donors (Lipinski definition) is 0. The zero-order chi connectivity index (χ0) is 12.7. The van der Waals surface area contributed by atoms with Gasteiger partial charge in [0.2, 0.25) is 0 Å². The lowest BCUT2D eigenvalue weighted by atomic mass is 10.00. The minimum atomic E-state index is -1.28. The first-order chi connectivity index (χ1) is 8.01. The minimum absolute atomic E-state index is 0.894. The Kier molecular flexibility index (Phi) is 4.90. The van der Waals surface area contributed by atoms with Gasteiger partial charge >= 0.3 is 0 Å². The highest BCUT2D eigenvalue weighted by molar-refractivity contribution is 6.83. The van der Waals surface area contributed by atoms with Gasteiger partial charge < -0.3 is 0 Å². The van der Waals surface area contributed by atoms with Crippen LogP contribution in [-0.4, -0.2) is 8.07 Å².